The van der Waals surface area contributed by atoms with Gasteiger partial charge >= 0.3 is 5.97 Å². The highest BCUT2D eigenvalue weighted by atomic mass is 16.4. The van der Waals surface area contributed by atoms with Gasteiger partial charge in [-0.25, -0.2) is 0 Å². The van der Waals surface area contributed by atoms with Crippen molar-refractivity contribution in [3.8, 4) is 0 Å². The largest absolute Gasteiger partial charge is 0.481 e. The highest BCUT2D eigenvalue weighted by Gasteiger charge is 2.36. The van der Waals surface area contributed by atoms with Crippen LogP contribution in [0.3, 0.4) is 0 Å². The van der Waals surface area contributed by atoms with Crippen LogP contribution in [0.25, 0.3) is 0 Å². The van der Waals surface area contributed by atoms with E-state index in [-0.39, 0.29) is 0 Å². The van der Waals surface area contributed by atoms with Crippen molar-refractivity contribution in [3.63, 3.8) is 0 Å². The first kappa shape index (κ1) is 14.7. The predicted molar refractivity (Wildman–Crippen MR) is 67.7 cm³/mol. The summed E-state index contributed by atoms with van der Waals surface area (Å²) in [6, 6.07) is 9.46. The SMILES string of the molecule is CC.CCC(CC)(C(=O)O)c1ccccc1. The lowest BCUT2D eigenvalue weighted by atomic mass is 9.76. The average Bonchev–Trinajstić information content (AvgIpc) is 2.35. The van der Waals surface area contributed by atoms with Gasteiger partial charge in [-0.15, -0.1) is 0 Å². The van der Waals surface area contributed by atoms with Gasteiger partial charge in [-0.1, -0.05) is 58.0 Å². The summed E-state index contributed by atoms with van der Waals surface area (Å²) in [5.41, 5.74) is 0.193. The summed E-state index contributed by atoms with van der Waals surface area (Å²) >= 11 is 0. The highest BCUT2D eigenvalue weighted by Crippen LogP contribution is 2.31. The van der Waals surface area contributed by atoms with E-state index in [4.69, 9.17) is 0 Å². The zero-order chi connectivity index (χ0) is 12.6. The Hall–Kier alpha value is -1.31. The molecule has 1 N–H and O–H groups in total. The van der Waals surface area contributed by atoms with Crippen LogP contribution < -0.4 is 0 Å². The summed E-state index contributed by atoms with van der Waals surface area (Å²) in [5, 5.41) is 9.28. The van der Waals surface area contributed by atoms with Crippen LogP contribution in [0.15, 0.2) is 30.3 Å². The number of carboxylic acid groups (broad SMARTS) is 1. The molecular formula is C14H22O2. The van der Waals surface area contributed by atoms with E-state index < -0.39 is 11.4 Å². The third-order valence-corrected chi connectivity index (χ3v) is 2.94. The first-order valence-electron chi connectivity index (χ1n) is 5.96. The summed E-state index contributed by atoms with van der Waals surface area (Å²) in [4.78, 5) is 11.3. The fourth-order valence-corrected chi connectivity index (χ4v) is 1.84. The number of carbonyl (C=O) groups is 1. The molecule has 0 unspecified atom stereocenters. The minimum atomic E-state index is -0.728. The third kappa shape index (κ3) is 2.84. The predicted octanol–water partition coefficient (Wildman–Crippen LogP) is 3.86. The molecule has 0 saturated carbocycles. The monoisotopic (exact) mass is 222 g/mol. The van der Waals surface area contributed by atoms with Gasteiger partial charge in [0.1, 0.15) is 0 Å². The number of hydrogen-bond acceptors (Lipinski definition) is 1. The van der Waals surface area contributed by atoms with Crippen LogP contribution in [0.1, 0.15) is 46.1 Å². The number of hydrogen-bond donors (Lipinski definition) is 1. The Bertz CT molecular complexity index is 300. The van der Waals surface area contributed by atoms with E-state index in [1.54, 1.807) is 0 Å². The molecule has 0 aliphatic rings. The molecule has 0 aromatic heterocycles. The zero-order valence-electron chi connectivity index (χ0n) is 10.7. The molecule has 0 atom stereocenters. The van der Waals surface area contributed by atoms with Gasteiger partial charge in [0.15, 0.2) is 0 Å². The summed E-state index contributed by atoms with van der Waals surface area (Å²) in [7, 11) is 0. The van der Waals surface area contributed by atoms with Gasteiger partial charge in [0.2, 0.25) is 0 Å². The van der Waals surface area contributed by atoms with Crippen molar-refractivity contribution in [3.05, 3.63) is 35.9 Å². The smallest absolute Gasteiger partial charge is 0.314 e. The van der Waals surface area contributed by atoms with Crippen LogP contribution in [0.4, 0.5) is 0 Å². The average molecular weight is 222 g/mol. The van der Waals surface area contributed by atoms with E-state index in [2.05, 4.69) is 0 Å². The van der Waals surface area contributed by atoms with Gasteiger partial charge in [0, 0.05) is 0 Å². The van der Waals surface area contributed by atoms with Crippen LogP contribution >= 0.6 is 0 Å². The first-order chi connectivity index (χ1) is 7.67. The van der Waals surface area contributed by atoms with E-state index in [1.807, 2.05) is 58.0 Å². The summed E-state index contributed by atoms with van der Waals surface area (Å²) in [5.74, 6) is -0.728. The van der Waals surface area contributed by atoms with Crippen LogP contribution in [0, 0.1) is 0 Å². The maximum atomic E-state index is 11.3. The van der Waals surface area contributed by atoms with Crippen molar-refractivity contribution in [1.82, 2.24) is 0 Å². The maximum Gasteiger partial charge on any atom is 0.314 e. The van der Waals surface area contributed by atoms with Crippen molar-refractivity contribution < 1.29 is 9.90 Å². The Morgan fingerprint density at radius 3 is 1.88 bits per heavy atom. The highest BCUT2D eigenvalue weighted by molar-refractivity contribution is 5.81. The van der Waals surface area contributed by atoms with Crippen LogP contribution in [-0.2, 0) is 10.2 Å². The number of benzene rings is 1. The molecule has 16 heavy (non-hydrogen) atoms. The van der Waals surface area contributed by atoms with Gasteiger partial charge < -0.3 is 5.11 Å². The lowest BCUT2D eigenvalue weighted by Gasteiger charge is -2.27. The fraction of sp³-hybridized carbons (Fsp3) is 0.500. The maximum absolute atomic E-state index is 11.3. The fourth-order valence-electron chi connectivity index (χ4n) is 1.84. The number of carboxylic acids is 1. The molecule has 0 radical (unpaired) electrons. The third-order valence-electron chi connectivity index (χ3n) is 2.94. The van der Waals surface area contributed by atoms with Crippen molar-refractivity contribution in [2.45, 2.75) is 46.0 Å². The minimum absolute atomic E-state index is 0.628. The van der Waals surface area contributed by atoms with Gasteiger partial charge in [0.05, 0.1) is 5.41 Å². The standard InChI is InChI=1S/C12H16O2.C2H6/c1-3-12(4-2,11(13)14)10-8-6-5-7-9-10;1-2/h5-9H,3-4H2,1-2H3,(H,13,14);1-2H3. The number of rotatable bonds is 4. The van der Waals surface area contributed by atoms with Crippen LogP contribution in [0.5, 0.6) is 0 Å². The van der Waals surface area contributed by atoms with Crippen molar-refractivity contribution in [2.24, 2.45) is 0 Å². The summed E-state index contributed by atoms with van der Waals surface area (Å²) < 4.78 is 0. The lowest BCUT2D eigenvalue weighted by Crippen LogP contribution is -2.34. The van der Waals surface area contributed by atoms with Crippen molar-refractivity contribution >= 4 is 5.97 Å². The second-order valence-electron chi connectivity index (χ2n) is 3.46. The van der Waals surface area contributed by atoms with E-state index in [1.165, 1.54) is 0 Å². The second-order valence-corrected chi connectivity index (χ2v) is 3.46. The van der Waals surface area contributed by atoms with Crippen LogP contribution in [-0.4, -0.2) is 11.1 Å². The number of aliphatic carboxylic acids is 1. The lowest BCUT2D eigenvalue weighted by molar-refractivity contribution is -0.144. The molecule has 2 nitrogen and oxygen atoms in total. The van der Waals surface area contributed by atoms with Gasteiger partial charge in [0.25, 0.3) is 0 Å². The normalized spacial score (nSPS) is 10.2. The van der Waals surface area contributed by atoms with Crippen molar-refractivity contribution in [2.75, 3.05) is 0 Å². The molecule has 0 fully saturated rings. The molecule has 0 aliphatic carbocycles. The van der Waals surface area contributed by atoms with E-state index in [9.17, 15) is 9.90 Å². The Balaban J connectivity index is 0.00000106. The van der Waals surface area contributed by atoms with Gasteiger partial charge in [-0.3, -0.25) is 4.79 Å². The Labute approximate surface area is 98.3 Å². The molecule has 1 rings (SSSR count). The van der Waals surface area contributed by atoms with Crippen molar-refractivity contribution in [1.29, 1.82) is 0 Å². The topological polar surface area (TPSA) is 37.3 Å². The molecule has 0 bridgehead atoms. The molecule has 2 heteroatoms. The molecule has 90 valence electrons. The zero-order valence-corrected chi connectivity index (χ0v) is 10.7. The first-order valence-corrected chi connectivity index (χ1v) is 5.96. The van der Waals surface area contributed by atoms with Crippen LogP contribution in [0.2, 0.25) is 0 Å². The molecule has 0 saturated heterocycles. The Morgan fingerprint density at radius 2 is 1.56 bits per heavy atom. The van der Waals surface area contributed by atoms with E-state index in [0.29, 0.717) is 12.8 Å². The summed E-state index contributed by atoms with van der Waals surface area (Å²) in [6.45, 7) is 7.84. The molecule has 0 heterocycles. The second kappa shape index (κ2) is 7.04. The van der Waals surface area contributed by atoms with Gasteiger partial charge in [-0.2, -0.15) is 0 Å². The molecule has 1 aromatic carbocycles. The quantitative estimate of drug-likeness (QED) is 0.840. The summed E-state index contributed by atoms with van der Waals surface area (Å²) in [6.07, 6.45) is 1.26. The van der Waals surface area contributed by atoms with Gasteiger partial charge in [-0.05, 0) is 18.4 Å². The molecule has 0 aliphatic heterocycles. The Kier molecular flexibility index (Phi) is 6.47. The van der Waals surface area contributed by atoms with E-state index in [0.717, 1.165) is 5.56 Å². The molecule has 0 amide bonds. The van der Waals surface area contributed by atoms with E-state index >= 15 is 0 Å². The minimum Gasteiger partial charge on any atom is -0.481 e. The molecule has 1 aromatic rings. The Morgan fingerprint density at radius 1 is 1.12 bits per heavy atom. The molecule has 0 spiro atoms. The molecular weight excluding hydrogens is 200 g/mol.